The fraction of sp³-hybridized carbons (Fsp3) is 0.529. The normalized spacial score (nSPS) is 16.8. The number of nitrogens with one attached hydrogen (secondary N) is 3. The van der Waals surface area contributed by atoms with Gasteiger partial charge in [-0.1, -0.05) is 11.6 Å². The van der Waals surface area contributed by atoms with Gasteiger partial charge >= 0.3 is 0 Å². The van der Waals surface area contributed by atoms with Gasteiger partial charge in [0, 0.05) is 30.1 Å². The van der Waals surface area contributed by atoms with Gasteiger partial charge in [-0.25, -0.2) is 0 Å². The Morgan fingerprint density at radius 2 is 1.96 bits per heavy atom. The highest BCUT2D eigenvalue weighted by atomic mass is 35.5. The summed E-state index contributed by atoms with van der Waals surface area (Å²) in [6.07, 6.45) is 3.41. The van der Waals surface area contributed by atoms with Crippen molar-refractivity contribution < 1.29 is 9.59 Å². The molecule has 1 aromatic carbocycles. The van der Waals surface area contributed by atoms with Crippen molar-refractivity contribution in [2.24, 2.45) is 5.92 Å². The number of hydrogen-bond acceptors (Lipinski definition) is 3. The Morgan fingerprint density at radius 1 is 1.21 bits per heavy atom. The van der Waals surface area contributed by atoms with Crippen LogP contribution in [0.5, 0.6) is 0 Å². The smallest absolute Gasteiger partial charge is 0.251 e. The zero-order valence-electron chi connectivity index (χ0n) is 13.6. The van der Waals surface area contributed by atoms with E-state index in [-0.39, 0.29) is 24.2 Å². The van der Waals surface area contributed by atoms with E-state index < -0.39 is 0 Å². The van der Waals surface area contributed by atoms with Crippen LogP contribution in [0.25, 0.3) is 0 Å². The topological polar surface area (TPSA) is 70.2 Å². The fourth-order valence-corrected chi connectivity index (χ4v) is 2.72. The average Bonchev–Trinajstić information content (AvgIpc) is 2.58. The SMILES string of the molecule is Cl.O=C(CCCNC(=O)c1ccc(Cl)cc1)NCC1CCCNC1. The van der Waals surface area contributed by atoms with E-state index in [1.54, 1.807) is 24.3 Å². The van der Waals surface area contributed by atoms with E-state index in [9.17, 15) is 9.59 Å². The molecule has 1 atom stereocenters. The molecule has 0 saturated carbocycles. The van der Waals surface area contributed by atoms with Crippen molar-refractivity contribution in [3.63, 3.8) is 0 Å². The van der Waals surface area contributed by atoms with Gasteiger partial charge in [0.05, 0.1) is 0 Å². The minimum Gasteiger partial charge on any atom is -0.356 e. The molecule has 1 fully saturated rings. The van der Waals surface area contributed by atoms with Gasteiger partial charge in [-0.05, 0) is 62.5 Å². The third kappa shape index (κ3) is 7.51. The molecule has 24 heavy (non-hydrogen) atoms. The summed E-state index contributed by atoms with van der Waals surface area (Å²) >= 11 is 5.78. The first-order chi connectivity index (χ1) is 11.1. The lowest BCUT2D eigenvalue weighted by molar-refractivity contribution is -0.121. The molecule has 0 aliphatic carbocycles. The average molecular weight is 374 g/mol. The van der Waals surface area contributed by atoms with Crippen LogP contribution in [0.2, 0.25) is 5.02 Å². The molecule has 2 amide bonds. The largest absolute Gasteiger partial charge is 0.356 e. The number of piperidine rings is 1. The van der Waals surface area contributed by atoms with Gasteiger partial charge in [0.25, 0.3) is 5.91 Å². The summed E-state index contributed by atoms with van der Waals surface area (Å²) in [6, 6.07) is 6.74. The highest BCUT2D eigenvalue weighted by Crippen LogP contribution is 2.09. The maximum Gasteiger partial charge on any atom is 0.251 e. The van der Waals surface area contributed by atoms with E-state index in [1.807, 2.05) is 0 Å². The number of benzene rings is 1. The molecule has 134 valence electrons. The second-order valence-electron chi connectivity index (χ2n) is 5.88. The van der Waals surface area contributed by atoms with Gasteiger partial charge in [0.15, 0.2) is 0 Å². The number of carbonyl (C=O) groups is 2. The lowest BCUT2D eigenvalue weighted by Crippen LogP contribution is -2.38. The molecule has 5 nitrogen and oxygen atoms in total. The van der Waals surface area contributed by atoms with E-state index in [1.165, 1.54) is 12.8 Å². The van der Waals surface area contributed by atoms with E-state index in [0.29, 0.717) is 35.9 Å². The summed E-state index contributed by atoms with van der Waals surface area (Å²) < 4.78 is 0. The maximum absolute atomic E-state index is 11.9. The molecular formula is C17H25Cl2N3O2. The minimum absolute atomic E-state index is 0. The minimum atomic E-state index is -0.143. The lowest BCUT2D eigenvalue weighted by Gasteiger charge is -2.22. The van der Waals surface area contributed by atoms with Crippen LogP contribution >= 0.6 is 24.0 Å². The highest BCUT2D eigenvalue weighted by molar-refractivity contribution is 6.30. The fourth-order valence-electron chi connectivity index (χ4n) is 2.60. The van der Waals surface area contributed by atoms with Crippen molar-refractivity contribution in [3.8, 4) is 0 Å². The Balaban J connectivity index is 0.00000288. The summed E-state index contributed by atoms with van der Waals surface area (Å²) in [4.78, 5) is 23.7. The first-order valence-electron chi connectivity index (χ1n) is 8.16. The Hall–Kier alpha value is -1.30. The van der Waals surface area contributed by atoms with Crippen molar-refractivity contribution >= 4 is 35.8 Å². The van der Waals surface area contributed by atoms with Gasteiger partial charge in [0.1, 0.15) is 0 Å². The van der Waals surface area contributed by atoms with Crippen LogP contribution in [0.4, 0.5) is 0 Å². The molecule has 1 aliphatic rings. The number of carbonyl (C=O) groups excluding carboxylic acids is 2. The van der Waals surface area contributed by atoms with Gasteiger partial charge in [-0.15, -0.1) is 12.4 Å². The monoisotopic (exact) mass is 373 g/mol. The van der Waals surface area contributed by atoms with E-state index in [4.69, 9.17) is 11.6 Å². The molecule has 7 heteroatoms. The van der Waals surface area contributed by atoms with E-state index in [2.05, 4.69) is 16.0 Å². The van der Waals surface area contributed by atoms with Gasteiger partial charge < -0.3 is 16.0 Å². The van der Waals surface area contributed by atoms with E-state index >= 15 is 0 Å². The third-order valence-electron chi connectivity index (χ3n) is 3.96. The van der Waals surface area contributed by atoms with Crippen LogP contribution in [0, 0.1) is 5.92 Å². The number of halogens is 2. The zero-order chi connectivity index (χ0) is 16.5. The Kier molecular flexibility index (Phi) is 9.76. The number of rotatable bonds is 7. The van der Waals surface area contributed by atoms with Crippen LogP contribution in [-0.2, 0) is 4.79 Å². The first-order valence-corrected chi connectivity index (χ1v) is 8.54. The molecule has 1 saturated heterocycles. The second-order valence-corrected chi connectivity index (χ2v) is 6.32. The molecule has 2 rings (SSSR count). The summed E-state index contributed by atoms with van der Waals surface area (Å²) in [5.41, 5.74) is 0.573. The molecule has 0 aromatic heterocycles. The van der Waals surface area contributed by atoms with Gasteiger partial charge in [-0.2, -0.15) is 0 Å². The van der Waals surface area contributed by atoms with Crippen molar-refractivity contribution in [1.29, 1.82) is 0 Å². The van der Waals surface area contributed by atoms with Crippen LogP contribution < -0.4 is 16.0 Å². The molecular weight excluding hydrogens is 349 g/mol. The van der Waals surface area contributed by atoms with Gasteiger partial charge in [-0.3, -0.25) is 9.59 Å². The lowest BCUT2D eigenvalue weighted by atomic mass is 10.00. The standard InChI is InChI=1S/C17H24ClN3O2.ClH/c18-15-7-5-14(6-8-15)17(23)20-10-2-4-16(22)21-12-13-3-1-9-19-11-13;/h5-8,13,19H,1-4,9-12H2,(H,20,23)(H,21,22);1H. The molecule has 1 heterocycles. The second kappa shape index (κ2) is 11.3. The van der Waals surface area contributed by atoms with Crippen LogP contribution in [0.15, 0.2) is 24.3 Å². The molecule has 0 radical (unpaired) electrons. The quantitative estimate of drug-likeness (QED) is 0.642. The predicted octanol–water partition coefficient (Wildman–Crippen LogP) is 2.39. The summed E-state index contributed by atoms with van der Waals surface area (Å²) in [7, 11) is 0. The number of amides is 2. The third-order valence-corrected chi connectivity index (χ3v) is 4.21. The Labute approximate surface area is 154 Å². The summed E-state index contributed by atoms with van der Waals surface area (Å²) in [5, 5.41) is 9.72. The van der Waals surface area contributed by atoms with Crippen LogP contribution in [-0.4, -0.2) is 38.0 Å². The summed E-state index contributed by atoms with van der Waals surface area (Å²) in [6.45, 7) is 3.29. The molecule has 1 unspecified atom stereocenters. The predicted molar refractivity (Wildman–Crippen MR) is 98.9 cm³/mol. The first kappa shape index (κ1) is 20.7. The molecule has 1 aliphatic heterocycles. The summed E-state index contributed by atoms with van der Waals surface area (Å²) in [5.74, 6) is 0.448. The van der Waals surface area contributed by atoms with Crippen molar-refractivity contribution in [3.05, 3.63) is 34.9 Å². The van der Waals surface area contributed by atoms with Crippen molar-refractivity contribution in [1.82, 2.24) is 16.0 Å². The molecule has 3 N–H and O–H groups in total. The molecule has 0 bridgehead atoms. The Bertz CT molecular complexity index is 517. The van der Waals surface area contributed by atoms with Crippen molar-refractivity contribution in [2.45, 2.75) is 25.7 Å². The van der Waals surface area contributed by atoms with Gasteiger partial charge in [0.2, 0.25) is 5.91 Å². The Morgan fingerprint density at radius 3 is 2.62 bits per heavy atom. The van der Waals surface area contributed by atoms with Crippen LogP contribution in [0.1, 0.15) is 36.0 Å². The van der Waals surface area contributed by atoms with Crippen LogP contribution in [0.3, 0.4) is 0 Å². The zero-order valence-corrected chi connectivity index (χ0v) is 15.2. The van der Waals surface area contributed by atoms with Crippen molar-refractivity contribution in [2.75, 3.05) is 26.2 Å². The highest BCUT2D eigenvalue weighted by Gasteiger charge is 2.13. The molecule has 1 aromatic rings. The molecule has 0 spiro atoms. The number of hydrogen-bond donors (Lipinski definition) is 3. The maximum atomic E-state index is 11.9. The van der Waals surface area contributed by atoms with E-state index in [0.717, 1.165) is 19.6 Å².